The van der Waals surface area contributed by atoms with E-state index in [2.05, 4.69) is 25.1 Å². The van der Waals surface area contributed by atoms with Gasteiger partial charge in [-0.05, 0) is 36.8 Å². The van der Waals surface area contributed by atoms with Gasteiger partial charge >= 0.3 is 0 Å². The van der Waals surface area contributed by atoms with Gasteiger partial charge in [-0.1, -0.05) is 6.07 Å². The molecule has 0 radical (unpaired) electrons. The number of nitrogens with one attached hydrogen (secondary N) is 1. The number of pyridine rings is 1. The zero-order valence-corrected chi connectivity index (χ0v) is 12.9. The van der Waals surface area contributed by atoms with E-state index in [1.165, 1.54) is 6.33 Å². The summed E-state index contributed by atoms with van der Waals surface area (Å²) in [6, 6.07) is 11.4. The van der Waals surface area contributed by atoms with Crippen molar-refractivity contribution in [3.8, 4) is 22.9 Å². The summed E-state index contributed by atoms with van der Waals surface area (Å²) >= 11 is 0. The molecule has 1 aromatic carbocycles. The first-order valence-corrected chi connectivity index (χ1v) is 7.36. The normalized spacial score (nSPS) is 10.9. The van der Waals surface area contributed by atoms with Crippen molar-refractivity contribution in [2.75, 3.05) is 5.73 Å². The second-order valence-corrected chi connectivity index (χ2v) is 5.36. The summed E-state index contributed by atoms with van der Waals surface area (Å²) < 4.78 is 5.73. The van der Waals surface area contributed by atoms with Gasteiger partial charge in [0.1, 0.15) is 17.9 Å². The molecular weight excluding hydrogens is 304 g/mol. The number of anilines is 1. The van der Waals surface area contributed by atoms with Gasteiger partial charge < -0.3 is 10.5 Å². The summed E-state index contributed by atoms with van der Waals surface area (Å²) in [6.45, 7) is 1.98. The quantitative estimate of drug-likeness (QED) is 0.601. The number of rotatable bonds is 3. The highest BCUT2D eigenvalue weighted by Crippen LogP contribution is 2.30. The molecule has 0 bridgehead atoms. The molecule has 118 valence electrons. The van der Waals surface area contributed by atoms with Gasteiger partial charge in [-0.15, -0.1) is 0 Å². The fraction of sp³-hybridized carbons (Fsp3) is 0.0588. The lowest BCUT2D eigenvalue weighted by Gasteiger charge is -2.06. The summed E-state index contributed by atoms with van der Waals surface area (Å²) in [5, 5.41) is 7.83. The largest absolute Gasteiger partial charge is 0.439 e. The van der Waals surface area contributed by atoms with E-state index in [1.54, 1.807) is 6.20 Å². The van der Waals surface area contributed by atoms with Gasteiger partial charge in [0.05, 0.1) is 11.1 Å². The average Bonchev–Trinajstić information content (AvgIpc) is 3.03. The minimum Gasteiger partial charge on any atom is -0.439 e. The molecule has 0 atom stereocenters. The lowest BCUT2D eigenvalue weighted by molar-refractivity contribution is 0.463. The summed E-state index contributed by atoms with van der Waals surface area (Å²) in [4.78, 5) is 12.3. The first-order chi connectivity index (χ1) is 11.7. The Morgan fingerprint density at radius 3 is 2.58 bits per heavy atom. The van der Waals surface area contributed by atoms with Gasteiger partial charge in [0.2, 0.25) is 5.88 Å². The molecule has 24 heavy (non-hydrogen) atoms. The Hall–Kier alpha value is -3.48. The number of aromatic nitrogens is 5. The molecule has 7 heteroatoms. The van der Waals surface area contributed by atoms with Crippen molar-refractivity contribution in [1.82, 2.24) is 25.1 Å². The number of nitrogens with two attached hydrogens (primary N) is 1. The van der Waals surface area contributed by atoms with Crippen molar-refractivity contribution in [2.45, 2.75) is 6.92 Å². The van der Waals surface area contributed by atoms with E-state index in [4.69, 9.17) is 10.5 Å². The molecule has 0 saturated heterocycles. The van der Waals surface area contributed by atoms with E-state index in [0.29, 0.717) is 28.5 Å². The molecule has 0 amide bonds. The van der Waals surface area contributed by atoms with Crippen LogP contribution in [0.25, 0.3) is 22.3 Å². The monoisotopic (exact) mass is 318 g/mol. The number of nitrogen functional groups attached to an aromatic ring is 1. The third-order valence-corrected chi connectivity index (χ3v) is 3.63. The predicted molar refractivity (Wildman–Crippen MR) is 90.6 cm³/mol. The zero-order chi connectivity index (χ0) is 16.5. The molecule has 0 unspecified atom stereocenters. The van der Waals surface area contributed by atoms with Crippen LogP contribution < -0.4 is 10.5 Å². The number of fused-ring (bicyclic) bond motifs is 1. The lowest BCUT2D eigenvalue weighted by Crippen LogP contribution is -1.92. The molecule has 0 spiro atoms. The zero-order valence-electron chi connectivity index (χ0n) is 12.9. The molecule has 0 aliphatic carbocycles. The maximum atomic E-state index is 5.94. The number of benzene rings is 1. The minimum absolute atomic E-state index is 0.396. The average molecular weight is 318 g/mol. The van der Waals surface area contributed by atoms with Gasteiger partial charge in [0.25, 0.3) is 0 Å². The van der Waals surface area contributed by atoms with E-state index < -0.39 is 0 Å². The maximum Gasteiger partial charge on any atom is 0.219 e. The van der Waals surface area contributed by atoms with Crippen molar-refractivity contribution in [1.29, 1.82) is 0 Å². The molecule has 0 aliphatic heterocycles. The van der Waals surface area contributed by atoms with E-state index >= 15 is 0 Å². The van der Waals surface area contributed by atoms with E-state index in [-0.39, 0.29) is 0 Å². The number of hydrogen-bond donors (Lipinski definition) is 2. The van der Waals surface area contributed by atoms with Gasteiger partial charge in [-0.25, -0.2) is 15.0 Å². The Balaban J connectivity index is 1.64. The van der Waals surface area contributed by atoms with Crippen LogP contribution in [-0.4, -0.2) is 25.1 Å². The second kappa shape index (κ2) is 5.62. The van der Waals surface area contributed by atoms with Gasteiger partial charge in [0, 0.05) is 17.8 Å². The molecule has 3 N–H and O–H groups in total. The van der Waals surface area contributed by atoms with Crippen LogP contribution in [0.15, 0.2) is 48.9 Å². The van der Waals surface area contributed by atoms with Crippen LogP contribution in [-0.2, 0) is 0 Å². The van der Waals surface area contributed by atoms with Crippen molar-refractivity contribution in [3.63, 3.8) is 0 Å². The van der Waals surface area contributed by atoms with Gasteiger partial charge in [-0.3, -0.25) is 5.10 Å². The van der Waals surface area contributed by atoms with Crippen LogP contribution in [0.4, 0.5) is 5.82 Å². The smallest absolute Gasteiger partial charge is 0.219 e. The number of nitrogens with zero attached hydrogens (tertiary/aromatic N) is 4. The summed E-state index contributed by atoms with van der Waals surface area (Å²) in [5.41, 5.74) is 9.27. The second-order valence-electron chi connectivity index (χ2n) is 5.36. The van der Waals surface area contributed by atoms with Gasteiger partial charge in [0.15, 0.2) is 5.65 Å². The van der Waals surface area contributed by atoms with Crippen LogP contribution in [0.5, 0.6) is 11.6 Å². The summed E-state index contributed by atoms with van der Waals surface area (Å²) in [7, 11) is 0. The number of aryl methyl sites for hydroxylation is 1. The van der Waals surface area contributed by atoms with E-state index in [9.17, 15) is 0 Å². The van der Waals surface area contributed by atoms with Crippen molar-refractivity contribution >= 4 is 16.9 Å². The topological polar surface area (TPSA) is 103 Å². The van der Waals surface area contributed by atoms with Crippen molar-refractivity contribution < 1.29 is 4.74 Å². The molecule has 0 saturated carbocycles. The highest BCUT2D eigenvalue weighted by molar-refractivity contribution is 5.97. The van der Waals surface area contributed by atoms with Crippen molar-refractivity contribution in [2.24, 2.45) is 0 Å². The minimum atomic E-state index is 0.396. The Kier molecular flexibility index (Phi) is 3.31. The Morgan fingerprint density at radius 2 is 1.83 bits per heavy atom. The predicted octanol–water partition coefficient (Wildman–Crippen LogP) is 3.10. The lowest BCUT2D eigenvalue weighted by atomic mass is 10.1. The molecule has 0 fully saturated rings. The molecule has 3 heterocycles. The Morgan fingerprint density at radius 1 is 1.00 bits per heavy atom. The Labute approximate surface area is 137 Å². The van der Waals surface area contributed by atoms with Gasteiger partial charge in [-0.2, -0.15) is 5.10 Å². The molecule has 7 nitrogen and oxygen atoms in total. The van der Waals surface area contributed by atoms with Crippen LogP contribution >= 0.6 is 0 Å². The Bertz CT molecular complexity index is 992. The maximum absolute atomic E-state index is 5.94. The van der Waals surface area contributed by atoms with Crippen LogP contribution in [0.2, 0.25) is 0 Å². The number of H-pyrrole nitrogens is 1. The van der Waals surface area contributed by atoms with Crippen LogP contribution in [0.3, 0.4) is 0 Å². The number of ether oxygens (including phenoxy) is 1. The molecule has 4 rings (SSSR count). The fourth-order valence-corrected chi connectivity index (χ4v) is 2.41. The van der Waals surface area contributed by atoms with Crippen LogP contribution in [0.1, 0.15) is 5.56 Å². The van der Waals surface area contributed by atoms with Crippen LogP contribution in [0, 0.1) is 6.92 Å². The molecule has 3 aromatic heterocycles. The third kappa shape index (κ3) is 2.52. The number of hydrogen-bond acceptors (Lipinski definition) is 6. The molecule has 0 aliphatic rings. The first kappa shape index (κ1) is 14.1. The molecular formula is C17H14N6O. The first-order valence-electron chi connectivity index (χ1n) is 7.36. The fourth-order valence-electron chi connectivity index (χ4n) is 2.41. The number of aromatic amines is 1. The van der Waals surface area contributed by atoms with Crippen molar-refractivity contribution in [3.05, 3.63) is 54.5 Å². The van der Waals surface area contributed by atoms with E-state index in [1.807, 2.05) is 43.3 Å². The third-order valence-electron chi connectivity index (χ3n) is 3.63. The summed E-state index contributed by atoms with van der Waals surface area (Å²) in [6.07, 6.45) is 3.16. The highest BCUT2D eigenvalue weighted by Gasteiger charge is 2.12. The standard InChI is InChI=1S/C17H14N6O/c1-10-2-7-13(19-8-10)24-12-5-3-11(4-6-12)15-14-16(18)20-9-21-17(14)23-22-15/h2-9H,1H3,(H3,18,20,21,22,23). The molecule has 4 aromatic rings. The summed E-state index contributed by atoms with van der Waals surface area (Å²) in [5.74, 6) is 1.65. The highest BCUT2D eigenvalue weighted by atomic mass is 16.5. The SMILES string of the molecule is Cc1ccc(Oc2ccc(-c3[nH]nc4ncnc(N)c34)cc2)nc1. The van der Waals surface area contributed by atoms with E-state index in [0.717, 1.165) is 16.8 Å².